The lowest BCUT2D eigenvalue weighted by Gasteiger charge is -2.42. The summed E-state index contributed by atoms with van der Waals surface area (Å²) in [5, 5.41) is 3.66. The Kier molecular flexibility index (Phi) is 5.67. The first-order chi connectivity index (χ1) is 9.08. The molecule has 2 aliphatic rings. The van der Waals surface area contributed by atoms with Gasteiger partial charge in [0, 0.05) is 30.7 Å². The van der Waals surface area contributed by atoms with Crippen molar-refractivity contribution in [3.63, 3.8) is 0 Å². The molecule has 0 amide bonds. The average molecular weight is 267 g/mol. The van der Waals surface area contributed by atoms with E-state index in [1.807, 2.05) is 0 Å². The molecule has 2 fully saturated rings. The molecule has 3 nitrogen and oxygen atoms in total. The lowest BCUT2D eigenvalue weighted by atomic mass is 9.99. The largest absolute Gasteiger partial charge is 0.313 e. The molecule has 3 heteroatoms. The molecule has 0 spiro atoms. The predicted molar refractivity (Wildman–Crippen MR) is 82.6 cm³/mol. The highest BCUT2D eigenvalue weighted by atomic mass is 15.2. The fourth-order valence-corrected chi connectivity index (χ4v) is 3.68. The van der Waals surface area contributed by atoms with E-state index in [-0.39, 0.29) is 0 Å². The van der Waals surface area contributed by atoms with Crippen molar-refractivity contribution in [3.05, 3.63) is 0 Å². The van der Waals surface area contributed by atoms with Crippen LogP contribution in [-0.2, 0) is 0 Å². The van der Waals surface area contributed by atoms with Gasteiger partial charge in [-0.15, -0.1) is 0 Å². The third kappa shape index (κ3) is 4.17. The lowest BCUT2D eigenvalue weighted by molar-refractivity contribution is 0.0667. The van der Waals surface area contributed by atoms with Crippen LogP contribution in [0.1, 0.15) is 53.4 Å². The first kappa shape index (κ1) is 15.3. The first-order valence-electron chi connectivity index (χ1n) is 8.31. The van der Waals surface area contributed by atoms with Crippen LogP contribution < -0.4 is 5.32 Å². The van der Waals surface area contributed by atoms with Crippen molar-refractivity contribution in [3.8, 4) is 0 Å². The summed E-state index contributed by atoms with van der Waals surface area (Å²) < 4.78 is 0. The SMILES string of the molecule is CC(C)N1CCC(N(CC2CCCN2)C(C)C)CC1. The van der Waals surface area contributed by atoms with Crippen LogP contribution in [0.15, 0.2) is 0 Å². The van der Waals surface area contributed by atoms with E-state index in [1.54, 1.807) is 0 Å². The van der Waals surface area contributed by atoms with Crippen molar-refractivity contribution < 1.29 is 0 Å². The third-order valence-corrected chi connectivity index (χ3v) is 4.96. The van der Waals surface area contributed by atoms with Gasteiger partial charge in [-0.05, 0) is 73.0 Å². The molecule has 2 heterocycles. The van der Waals surface area contributed by atoms with E-state index in [0.717, 1.165) is 12.1 Å². The molecule has 112 valence electrons. The smallest absolute Gasteiger partial charge is 0.0195 e. The van der Waals surface area contributed by atoms with Crippen LogP contribution in [0.2, 0.25) is 0 Å². The minimum absolute atomic E-state index is 0.679. The molecular formula is C16H33N3. The summed E-state index contributed by atoms with van der Waals surface area (Å²) in [4.78, 5) is 5.39. The number of hydrogen-bond acceptors (Lipinski definition) is 3. The summed E-state index contributed by atoms with van der Waals surface area (Å²) in [5.74, 6) is 0. The maximum atomic E-state index is 3.66. The minimum Gasteiger partial charge on any atom is -0.313 e. The molecule has 1 unspecified atom stereocenters. The molecule has 0 aliphatic carbocycles. The van der Waals surface area contributed by atoms with Gasteiger partial charge in [0.25, 0.3) is 0 Å². The fourth-order valence-electron chi connectivity index (χ4n) is 3.68. The predicted octanol–water partition coefficient (Wildman–Crippen LogP) is 2.32. The van der Waals surface area contributed by atoms with E-state index >= 15 is 0 Å². The standard InChI is InChI=1S/C16H33N3/c1-13(2)18-10-7-16(8-11-18)19(14(3)4)12-15-6-5-9-17-15/h13-17H,5-12H2,1-4H3. The normalized spacial score (nSPS) is 27.0. The molecule has 0 saturated carbocycles. The minimum atomic E-state index is 0.679. The Morgan fingerprint density at radius 2 is 1.79 bits per heavy atom. The maximum absolute atomic E-state index is 3.66. The molecule has 0 aromatic rings. The average Bonchev–Trinajstić information content (AvgIpc) is 2.88. The van der Waals surface area contributed by atoms with E-state index < -0.39 is 0 Å². The van der Waals surface area contributed by atoms with E-state index in [2.05, 4.69) is 42.8 Å². The molecule has 0 aromatic heterocycles. The van der Waals surface area contributed by atoms with Gasteiger partial charge >= 0.3 is 0 Å². The maximum Gasteiger partial charge on any atom is 0.0195 e. The van der Waals surface area contributed by atoms with Crippen LogP contribution in [0.4, 0.5) is 0 Å². The number of nitrogens with zero attached hydrogens (tertiary/aromatic N) is 2. The molecule has 0 aromatic carbocycles. The fraction of sp³-hybridized carbons (Fsp3) is 1.00. The summed E-state index contributed by atoms with van der Waals surface area (Å²) in [5.41, 5.74) is 0. The Morgan fingerprint density at radius 1 is 1.11 bits per heavy atom. The van der Waals surface area contributed by atoms with Crippen LogP contribution in [-0.4, -0.2) is 60.1 Å². The van der Waals surface area contributed by atoms with E-state index in [0.29, 0.717) is 12.1 Å². The molecular weight excluding hydrogens is 234 g/mol. The van der Waals surface area contributed by atoms with Crippen molar-refractivity contribution in [2.24, 2.45) is 0 Å². The lowest BCUT2D eigenvalue weighted by Crippen LogP contribution is -2.52. The van der Waals surface area contributed by atoms with E-state index in [1.165, 1.54) is 51.9 Å². The highest BCUT2D eigenvalue weighted by molar-refractivity contribution is 4.86. The van der Waals surface area contributed by atoms with Gasteiger partial charge in [0.05, 0.1) is 0 Å². The Balaban J connectivity index is 1.85. The Morgan fingerprint density at radius 3 is 2.26 bits per heavy atom. The molecule has 1 N–H and O–H groups in total. The van der Waals surface area contributed by atoms with Crippen LogP contribution in [0.3, 0.4) is 0 Å². The van der Waals surface area contributed by atoms with Gasteiger partial charge in [0.2, 0.25) is 0 Å². The zero-order valence-electron chi connectivity index (χ0n) is 13.4. The van der Waals surface area contributed by atoms with Gasteiger partial charge in [-0.2, -0.15) is 0 Å². The number of likely N-dealkylation sites (tertiary alicyclic amines) is 1. The summed E-state index contributed by atoms with van der Waals surface area (Å²) in [6, 6.07) is 2.94. The second-order valence-corrected chi connectivity index (χ2v) is 6.94. The van der Waals surface area contributed by atoms with Crippen LogP contribution in [0.25, 0.3) is 0 Å². The summed E-state index contributed by atoms with van der Waals surface area (Å²) >= 11 is 0. The second kappa shape index (κ2) is 7.05. The highest BCUT2D eigenvalue weighted by Gasteiger charge is 2.29. The Hall–Kier alpha value is -0.120. The summed E-state index contributed by atoms with van der Waals surface area (Å²) in [7, 11) is 0. The van der Waals surface area contributed by atoms with Gasteiger partial charge in [-0.25, -0.2) is 0 Å². The van der Waals surface area contributed by atoms with E-state index in [9.17, 15) is 0 Å². The molecule has 0 bridgehead atoms. The first-order valence-corrected chi connectivity index (χ1v) is 8.31. The molecule has 0 radical (unpaired) electrons. The molecule has 2 saturated heterocycles. The number of rotatable bonds is 5. The Labute approximate surface area is 119 Å². The zero-order chi connectivity index (χ0) is 13.8. The van der Waals surface area contributed by atoms with Crippen molar-refractivity contribution in [1.29, 1.82) is 0 Å². The van der Waals surface area contributed by atoms with Crippen molar-refractivity contribution in [2.75, 3.05) is 26.2 Å². The Bertz CT molecular complexity index is 251. The topological polar surface area (TPSA) is 18.5 Å². The van der Waals surface area contributed by atoms with Gasteiger partial charge < -0.3 is 10.2 Å². The molecule has 1 atom stereocenters. The van der Waals surface area contributed by atoms with Crippen LogP contribution in [0.5, 0.6) is 0 Å². The molecule has 19 heavy (non-hydrogen) atoms. The van der Waals surface area contributed by atoms with Crippen LogP contribution >= 0.6 is 0 Å². The van der Waals surface area contributed by atoms with Gasteiger partial charge in [0.15, 0.2) is 0 Å². The van der Waals surface area contributed by atoms with Crippen LogP contribution in [0, 0.1) is 0 Å². The number of piperidine rings is 1. The zero-order valence-corrected chi connectivity index (χ0v) is 13.4. The number of hydrogen-bond donors (Lipinski definition) is 1. The monoisotopic (exact) mass is 267 g/mol. The van der Waals surface area contributed by atoms with Crippen molar-refractivity contribution in [1.82, 2.24) is 15.1 Å². The van der Waals surface area contributed by atoms with Gasteiger partial charge in [-0.1, -0.05) is 0 Å². The molecule has 2 aliphatic heterocycles. The summed E-state index contributed by atoms with van der Waals surface area (Å²) in [6.45, 7) is 14.4. The van der Waals surface area contributed by atoms with Gasteiger partial charge in [0.1, 0.15) is 0 Å². The van der Waals surface area contributed by atoms with Crippen molar-refractivity contribution >= 4 is 0 Å². The highest BCUT2D eigenvalue weighted by Crippen LogP contribution is 2.21. The van der Waals surface area contributed by atoms with E-state index in [4.69, 9.17) is 0 Å². The quantitative estimate of drug-likeness (QED) is 0.825. The molecule has 2 rings (SSSR count). The van der Waals surface area contributed by atoms with Gasteiger partial charge in [-0.3, -0.25) is 4.90 Å². The second-order valence-electron chi connectivity index (χ2n) is 6.94. The van der Waals surface area contributed by atoms with Crippen molar-refractivity contribution in [2.45, 2.75) is 77.5 Å². The number of nitrogens with one attached hydrogen (secondary N) is 1. The summed E-state index contributed by atoms with van der Waals surface area (Å²) in [6.07, 6.45) is 5.43. The third-order valence-electron chi connectivity index (χ3n) is 4.96.